The number of rotatable bonds is 4. The first-order chi connectivity index (χ1) is 11.9. The number of nitrogens with zero attached hydrogens (tertiary/aromatic N) is 4. The number of aryl methyl sites for hydroxylation is 1. The summed E-state index contributed by atoms with van der Waals surface area (Å²) in [7, 11) is -3.58. The highest BCUT2D eigenvalue weighted by Crippen LogP contribution is 2.25. The van der Waals surface area contributed by atoms with E-state index in [9.17, 15) is 8.42 Å². The van der Waals surface area contributed by atoms with Crippen molar-refractivity contribution < 1.29 is 8.42 Å². The Morgan fingerprint density at radius 2 is 2.00 bits per heavy atom. The standard InChI is InChI=1S/C18H22N4O2S/c1-14-12-16-4-3-5-17(18(16)20-13-14)25(23,24)22-10-8-21(9-11-22)15(2)6-7-19/h3-5,12-13,15H,6,8-11H2,1-2H3/t15-/m1/s1. The molecule has 0 unspecified atom stereocenters. The predicted octanol–water partition coefficient (Wildman–Crippen LogP) is 2.15. The topological polar surface area (TPSA) is 77.3 Å². The average molecular weight is 358 g/mol. The molecular formula is C18H22N4O2S. The van der Waals surface area contributed by atoms with Gasteiger partial charge in [-0.15, -0.1) is 0 Å². The number of piperazine rings is 1. The van der Waals surface area contributed by atoms with Crippen molar-refractivity contribution in [3.8, 4) is 6.07 Å². The van der Waals surface area contributed by atoms with E-state index in [1.54, 1.807) is 18.3 Å². The molecule has 2 heterocycles. The van der Waals surface area contributed by atoms with Gasteiger partial charge in [0.1, 0.15) is 4.90 Å². The van der Waals surface area contributed by atoms with Crippen molar-refractivity contribution >= 4 is 20.9 Å². The van der Waals surface area contributed by atoms with E-state index < -0.39 is 10.0 Å². The van der Waals surface area contributed by atoms with Gasteiger partial charge in [0.05, 0.1) is 18.0 Å². The number of fused-ring (bicyclic) bond motifs is 1. The van der Waals surface area contributed by atoms with E-state index >= 15 is 0 Å². The molecule has 0 saturated carbocycles. The van der Waals surface area contributed by atoms with Gasteiger partial charge >= 0.3 is 0 Å². The van der Waals surface area contributed by atoms with Crippen LogP contribution in [0.5, 0.6) is 0 Å². The SMILES string of the molecule is Cc1cnc2c(S(=O)(=O)N3CCN([C@H](C)CC#N)CC3)cccc2c1. The Labute approximate surface area is 148 Å². The van der Waals surface area contributed by atoms with Gasteiger partial charge in [-0.25, -0.2) is 8.42 Å². The fourth-order valence-corrected chi connectivity index (χ4v) is 4.82. The molecular weight excluding hydrogens is 336 g/mol. The minimum atomic E-state index is -3.58. The number of sulfonamides is 1. The summed E-state index contributed by atoms with van der Waals surface area (Å²) in [5.74, 6) is 0. The van der Waals surface area contributed by atoms with E-state index in [0.29, 0.717) is 38.1 Å². The molecule has 132 valence electrons. The van der Waals surface area contributed by atoms with Crippen LogP contribution in [0.2, 0.25) is 0 Å². The van der Waals surface area contributed by atoms with Gasteiger partial charge in [-0.3, -0.25) is 9.88 Å². The molecule has 0 amide bonds. The number of hydrogen-bond donors (Lipinski definition) is 0. The maximum absolute atomic E-state index is 13.1. The molecule has 1 fully saturated rings. The van der Waals surface area contributed by atoms with Crippen molar-refractivity contribution in [1.82, 2.24) is 14.2 Å². The number of para-hydroxylation sites is 1. The average Bonchev–Trinajstić information content (AvgIpc) is 2.61. The van der Waals surface area contributed by atoms with Crippen LogP contribution < -0.4 is 0 Å². The minimum Gasteiger partial charge on any atom is -0.297 e. The molecule has 0 radical (unpaired) electrons. The second-order valence-corrected chi connectivity index (χ2v) is 8.40. The van der Waals surface area contributed by atoms with Crippen LogP contribution >= 0.6 is 0 Å². The maximum atomic E-state index is 13.1. The molecule has 3 rings (SSSR count). The Bertz CT molecular complexity index is 912. The molecule has 7 heteroatoms. The van der Waals surface area contributed by atoms with Gasteiger partial charge in [0, 0.05) is 43.8 Å². The molecule has 25 heavy (non-hydrogen) atoms. The van der Waals surface area contributed by atoms with Crippen molar-refractivity contribution in [3.05, 3.63) is 36.0 Å². The predicted molar refractivity (Wildman–Crippen MR) is 96.5 cm³/mol. The van der Waals surface area contributed by atoms with Crippen molar-refractivity contribution in [2.24, 2.45) is 0 Å². The van der Waals surface area contributed by atoms with Crippen molar-refractivity contribution in [2.45, 2.75) is 31.2 Å². The molecule has 2 aromatic rings. The van der Waals surface area contributed by atoms with E-state index in [1.165, 1.54) is 4.31 Å². The van der Waals surface area contributed by atoms with Crippen LogP contribution in [0, 0.1) is 18.3 Å². The summed E-state index contributed by atoms with van der Waals surface area (Å²) < 4.78 is 27.7. The smallest absolute Gasteiger partial charge is 0.245 e. The van der Waals surface area contributed by atoms with Crippen molar-refractivity contribution in [1.29, 1.82) is 5.26 Å². The van der Waals surface area contributed by atoms with Crippen LogP contribution in [0.25, 0.3) is 10.9 Å². The van der Waals surface area contributed by atoms with Crippen molar-refractivity contribution in [2.75, 3.05) is 26.2 Å². The van der Waals surface area contributed by atoms with E-state index in [2.05, 4.69) is 16.0 Å². The Kier molecular flexibility index (Phi) is 5.04. The first-order valence-corrected chi connectivity index (χ1v) is 9.84. The lowest BCUT2D eigenvalue weighted by Crippen LogP contribution is -2.51. The van der Waals surface area contributed by atoms with Gasteiger partial charge in [0.2, 0.25) is 10.0 Å². The molecule has 1 aliphatic rings. The first-order valence-electron chi connectivity index (χ1n) is 8.40. The number of aromatic nitrogens is 1. The Morgan fingerprint density at radius 1 is 1.28 bits per heavy atom. The van der Waals surface area contributed by atoms with E-state index in [0.717, 1.165) is 10.9 Å². The molecule has 1 aromatic carbocycles. The quantitative estimate of drug-likeness (QED) is 0.837. The van der Waals surface area contributed by atoms with E-state index in [-0.39, 0.29) is 10.9 Å². The van der Waals surface area contributed by atoms with Crippen LogP contribution in [0.1, 0.15) is 18.9 Å². The molecule has 1 aliphatic heterocycles. The van der Waals surface area contributed by atoms with Gasteiger partial charge in [-0.05, 0) is 31.5 Å². The molecule has 0 spiro atoms. The third-order valence-electron chi connectivity index (χ3n) is 4.71. The molecule has 1 saturated heterocycles. The van der Waals surface area contributed by atoms with Crippen LogP contribution in [0.4, 0.5) is 0 Å². The second kappa shape index (κ2) is 7.08. The number of nitriles is 1. The molecule has 6 nitrogen and oxygen atoms in total. The zero-order valence-corrected chi connectivity index (χ0v) is 15.3. The highest BCUT2D eigenvalue weighted by atomic mass is 32.2. The first kappa shape index (κ1) is 17.8. The van der Waals surface area contributed by atoms with Gasteiger partial charge in [-0.1, -0.05) is 12.1 Å². The van der Waals surface area contributed by atoms with Crippen molar-refractivity contribution in [3.63, 3.8) is 0 Å². The second-order valence-electron chi connectivity index (χ2n) is 6.49. The third-order valence-corrected chi connectivity index (χ3v) is 6.64. The van der Waals surface area contributed by atoms with Crippen LogP contribution in [-0.4, -0.2) is 54.8 Å². The van der Waals surface area contributed by atoms with Crippen LogP contribution in [0.3, 0.4) is 0 Å². The molecule has 0 bridgehead atoms. The number of pyridine rings is 1. The summed E-state index contributed by atoms with van der Waals surface area (Å²) in [6.45, 7) is 6.08. The summed E-state index contributed by atoms with van der Waals surface area (Å²) in [6, 6.07) is 9.55. The highest BCUT2D eigenvalue weighted by molar-refractivity contribution is 7.89. The van der Waals surface area contributed by atoms with E-state index in [1.807, 2.05) is 26.0 Å². The van der Waals surface area contributed by atoms with Gasteiger partial charge in [0.15, 0.2) is 0 Å². The summed E-state index contributed by atoms with van der Waals surface area (Å²) in [4.78, 5) is 6.79. The van der Waals surface area contributed by atoms with Gasteiger partial charge < -0.3 is 0 Å². The Morgan fingerprint density at radius 3 is 2.68 bits per heavy atom. The largest absolute Gasteiger partial charge is 0.297 e. The van der Waals surface area contributed by atoms with Crippen LogP contribution in [0.15, 0.2) is 35.4 Å². The highest BCUT2D eigenvalue weighted by Gasteiger charge is 2.31. The molecule has 1 atom stereocenters. The lowest BCUT2D eigenvalue weighted by atomic mass is 10.2. The maximum Gasteiger partial charge on any atom is 0.245 e. The monoisotopic (exact) mass is 358 g/mol. The lowest BCUT2D eigenvalue weighted by Gasteiger charge is -2.36. The molecule has 0 N–H and O–H groups in total. The zero-order valence-electron chi connectivity index (χ0n) is 14.5. The Hall–Kier alpha value is -2.01. The normalized spacial score (nSPS) is 18.1. The summed E-state index contributed by atoms with van der Waals surface area (Å²) >= 11 is 0. The van der Waals surface area contributed by atoms with Gasteiger partial charge in [-0.2, -0.15) is 9.57 Å². The molecule has 0 aliphatic carbocycles. The lowest BCUT2D eigenvalue weighted by molar-refractivity contribution is 0.147. The number of benzene rings is 1. The van der Waals surface area contributed by atoms with Crippen LogP contribution in [-0.2, 0) is 10.0 Å². The zero-order chi connectivity index (χ0) is 18.0. The minimum absolute atomic E-state index is 0.150. The molecule has 1 aromatic heterocycles. The summed E-state index contributed by atoms with van der Waals surface area (Å²) in [5, 5.41) is 9.66. The van der Waals surface area contributed by atoms with E-state index in [4.69, 9.17) is 5.26 Å². The summed E-state index contributed by atoms with van der Waals surface area (Å²) in [5.41, 5.74) is 1.52. The fraction of sp³-hybridized carbons (Fsp3) is 0.444. The fourth-order valence-electron chi connectivity index (χ4n) is 3.24. The van der Waals surface area contributed by atoms with Gasteiger partial charge in [0.25, 0.3) is 0 Å². The number of hydrogen-bond acceptors (Lipinski definition) is 5. The third kappa shape index (κ3) is 3.52. The summed E-state index contributed by atoms with van der Waals surface area (Å²) in [6.07, 6.45) is 2.15. The Balaban J connectivity index is 1.85.